The summed E-state index contributed by atoms with van der Waals surface area (Å²) in [5.41, 5.74) is 0.777. The Hall–Kier alpha value is -2.34. The van der Waals surface area contributed by atoms with Gasteiger partial charge >= 0.3 is 6.18 Å². The van der Waals surface area contributed by atoms with Crippen LogP contribution in [0.5, 0.6) is 0 Å². The maximum absolute atomic E-state index is 12.6. The van der Waals surface area contributed by atoms with E-state index in [0.717, 1.165) is 25.2 Å². The van der Waals surface area contributed by atoms with Gasteiger partial charge in [0.25, 0.3) is 5.91 Å². The summed E-state index contributed by atoms with van der Waals surface area (Å²) < 4.78 is 37.9. The van der Waals surface area contributed by atoms with Crippen molar-refractivity contribution in [3.8, 4) is 0 Å². The summed E-state index contributed by atoms with van der Waals surface area (Å²) in [4.78, 5) is 16.6. The van der Waals surface area contributed by atoms with Gasteiger partial charge in [0.1, 0.15) is 0 Å². The zero-order valence-electron chi connectivity index (χ0n) is 14.5. The standard InChI is InChI=1S/C20H21F3N2O/c1-15-13-25(12-11-24(15)14-16-5-3-2-4-6-16)19(26)17-7-9-18(10-8-17)20(21,22)23/h2-10,15H,11-14H2,1H3. The van der Waals surface area contributed by atoms with Crippen LogP contribution in [0.15, 0.2) is 54.6 Å². The smallest absolute Gasteiger partial charge is 0.336 e. The second kappa shape index (κ2) is 7.50. The molecule has 0 saturated carbocycles. The largest absolute Gasteiger partial charge is 0.416 e. The van der Waals surface area contributed by atoms with Crippen molar-refractivity contribution >= 4 is 5.91 Å². The molecule has 1 aliphatic heterocycles. The Balaban J connectivity index is 1.62. The molecule has 2 aromatic rings. The molecule has 1 saturated heterocycles. The number of halogens is 3. The van der Waals surface area contributed by atoms with Crippen LogP contribution in [0.25, 0.3) is 0 Å². The number of amides is 1. The summed E-state index contributed by atoms with van der Waals surface area (Å²) in [5.74, 6) is -0.218. The van der Waals surface area contributed by atoms with Crippen LogP contribution in [0.3, 0.4) is 0 Å². The van der Waals surface area contributed by atoms with Crippen LogP contribution in [0.1, 0.15) is 28.4 Å². The molecule has 138 valence electrons. The highest BCUT2D eigenvalue weighted by Gasteiger charge is 2.31. The number of nitrogens with zero attached hydrogens (tertiary/aromatic N) is 2. The SMILES string of the molecule is CC1CN(C(=O)c2ccc(C(F)(F)F)cc2)CCN1Cc1ccccc1. The molecule has 2 aromatic carbocycles. The van der Waals surface area contributed by atoms with Gasteiger partial charge in [-0.25, -0.2) is 0 Å². The maximum atomic E-state index is 12.6. The van der Waals surface area contributed by atoms with Crippen LogP contribution in [0.2, 0.25) is 0 Å². The van der Waals surface area contributed by atoms with Crippen molar-refractivity contribution in [1.29, 1.82) is 0 Å². The number of rotatable bonds is 3. The topological polar surface area (TPSA) is 23.6 Å². The van der Waals surface area contributed by atoms with E-state index in [0.29, 0.717) is 18.7 Å². The van der Waals surface area contributed by atoms with Crippen LogP contribution in [-0.2, 0) is 12.7 Å². The number of hydrogen-bond acceptors (Lipinski definition) is 2. The van der Waals surface area contributed by atoms with Crippen molar-refractivity contribution in [3.63, 3.8) is 0 Å². The first kappa shape index (κ1) is 18.5. The van der Waals surface area contributed by atoms with Gasteiger partial charge in [-0.15, -0.1) is 0 Å². The van der Waals surface area contributed by atoms with E-state index in [1.165, 1.54) is 17.7 Å². The lowest BCUT2D eigenvalue weighted by Gasteiger charge is -2.40. The maximum Gasteiger partial charge on any atom is 0.416 e. The molecule has 0 aliphatic carbocycles. The Morgan fingerprint density at radius 3 is 2.27 bits per heavy atom. The molecular formula is C20H21F3N2O. The Morgan fingerprint density at radius 2 is 1.69 bits per heavy atom. The fourth-order valence-corrected chi connectivity index (χ4v) is 3.22. The molecule has 3 rings (SSSR count). The molecule has 1 amide bonds. The van der Waals surface area contributed by atoms with Crippen molar-refractivity contribution < 1.29 is 18.0 Å². The number of carbonyl (C=O) groups is 1. The Bertz CT molecular complexity index is 744. The second-order valence-electron chi connectivity index (χ2n) is 6.63. The summed E-state index contributed by atoms with van der Waals surface area (Å²) in [5, 5.41) is 0. The third-order valence-corrected chi connectivity index (χ3v) is 4.74. The molecule has 1 aliphatic rings. The molecule has 1 heterocycles. The van der Waals surface area contributed by atoms with Crippen molar-refractivity contribution in [2.45, 2.75) is 25.7 Å². The van der Waals surface area contributed by atoms with E-state index in [4.69, 9.17) is 0 Å². The first-order valence-electron chi connectivity index (χ1n) is 8.59. The van der Waals surface area contributed by atoms with E-state index in [1.54, 1.807) is 4.90 Å². The van der Waals surface area contributed by atoms with Gasteiger partial charge in [-0.1, -0.05) is 30.3 Å². The van der Waals surface area contributed by atoms with Gasteiger partial charge in [0.15, 0.2) is 0 Å². The summed E-state index contributed by atoms with van der Waals surface area (Å²) >= 11 is 0. The molecule has 0 radical (unpaired) electrons. The van der Waals surface area contributed by atoms with E-state index in [1.807, 2.05) is 18.2 Å². The van der Waals surface area contributed by atoms with Crippen LogP contribution >= 0.6 is 0 Å². The zero-order chi connectivity index (χ0) is 18.7. The highest BCUT2D eigenvalue weighted by molar-refractivity contribution is 5.94. The van der Waals surface area contributed by atoms with Crippen molar-refractivity contribution in [2.75, 3.05) is 19.6 Å². The van der Waals surface area contributed by atoms with E-state index < -0.39 is 11.7 Å². The van der Waals surface area contributed by atoms with Gasteiger partial charge in [-0.05, 0) is 36.8 Å². The molecule has 3 nitrogen and oxygen atoms in total. The molecular weight excluding hydrogens is 341 g/mol. The lowest BCUT2D eigenvalue weighted by Crippen LogP contribution is -2.53. The minimum atomic E-state index is -4.39. The predicted octanol–water partition coefficient (Wildman–Crippen LogP) is 4.05. The zero-order valence-corrected chi connectivity index (χ0v) is 14.5. The minimum Gasteiger partial charge on any atom is -0.336 e. The Morgan fingerprint density at radius 1 is 1.04 bits per heavy atom. The monoisotopic (exact) mass is 362 g/mol. The number of carbonyl (C=O) groups excluding carboxylic acids is 1. The third kappa shape index (κ3) is 4.25. The van der Waals surface area contributed by atoms with Gasteiger partial charge in [-0.2, -0.15) is 13.2 Å². The molecule has 1 unspecified atom stereocenters. The van der Waals surface area contributed by atoms with Gasteiger partial charge < -0.3 is 4.90 Å². The molecule has 6 heteroatoms. The first-order valence-corrected chi connectivity index (χ1v) is 8.59. The minimum absolute atomic E-state index is 0.183. The molecule has 0 bridgehead atoms. The summed E-state index contributed by atoms with van der Waals surface area (Å²) in [6.07, 6.45) is -4.39. The van der Waals surface area contributed by atoms with E-state index in [9.17, 15) is 18.0 Å². The molecule has 1 atom stereocenters. The molecule has 1 fully saturated rings. The quantitative estimate of drug-likeness (QED) is 0.822. The highest BCUT2D eigenvalue weighted by atomic mass is 19.4. The summed E-state index contributed by atoms with van der Waals surface area (Å²) in [6.45, 7) is 4.76. The third-order valence-electron chi connectivity index (χ3n) is 4.74. The fraction of sp³-hybridized carbons (Fsp3) is 0.350. The number of alkyl halides is 3. The normalized spacial score (nSPS) is 18.8. The number of hydrogen-bond donors (Lipinski definition) is 0. The lowest BCUT2D eigenvalue weighted by atomic mass is 10.1. The highest BCUT2D eigenvalue weighted by Crippen LogP contribution is 2.29. The molecule has 0 aromatic heterocycles. The average molecular weight is 362 g/mol. The van der Waals surface area contributed by atoms with Crippen LogP contribution < -0.4 is 0 Å². The number of benzene rings is 2. The molecule has 0 spiro atoms. The van der Waals surface area contributed by atoms with Gasteiger partial charge in [-0.3, -0.25) is 9.69 Å². The van der Waals surface area contributed by atoms with Crippen molar-refractivity contribution in [1.82, 2.24) is 9.80 Å². The summed E-state index contributed by atoms with van der Waals surface area (Å²) in [6, 6.07) is 14.8. The van der Waals surface area contributed by atoms with Gasteiger partial charge in [0.2, 0.25) is 0 Å². The first-order chi connectivity index (χ1) is 12.3. The Kier molecular flexibility index (Phi) is 5.32. The van der Waals surface area contributed by atoms with E-state index in [-0.39, 0.29) is 11.9 Å². The van der Waals surface area contributed by atoms with Crippen LogP contribution in [0.4, 0.5) is 13.2 Å². The Labute approximate surface area is 151 Å². The molecule has 0 N–H and O–H groups in total. The van der Waals surface area contributed by atoms with Crippen molar-refractivity contribution in [2.24, 2.45) is 0 Å². The average Bonchev–Trinajstić information content (AvgIpc) is 2.63. The van der Waals surface area contributed by atoms with Gasteiger partial charge in [0.05, 0.1) is 5.56 Å². The van der Waals surface area contributed by atoms with Gasteiger partial charge in [0, 0.05) is 37.8 Å². The van der Waals surface area contributed by atoms with Crippen LogP contribution in [-0.4, -0.2) is 41.4 Å². The predicted molar refractivity (Wildman–Crippen MR) is 93.7 cm³/mol. The lowest BCUT2D eigenvalue weighted by molar-refractivity contribution is -0.137. The molecule has 26 heavy (non-hydrogen) atoms. The second-order valence-corrected chi connectivity index (χ2v) is 6.63. The summed E-state index contributed by atoms with van der Waals surface area (Å²) in [7, 11) is 0. The van der Waals surface area contributed by atoms with E-state index in [2.05, 4.69) is 24.0 Å². The van der Waals surface area contributed by atoms with Crippen LogP contribution in [0, 0.1) is 0 Å². The van der Waals surface area contributed by atoms with E-state index >= 15 is 0 Å². The van der Waals surface area contributed by atoms with Crippen molar-refractivity contribution in [3.05, 3.63) is 71.3 Å². The fourth-order valence-electron chi connectivity index (χ4n) is 3.22. The number of piperazine rings is 1.